The molecule has 1 saturated heterocycles. The van der Waals surface area contributed by atoms with Gasteiger partial charge in [-0.2, -0.15) is 0 Å². The zero-order valence-corrected chi connectivity index (χ0v) is 12.2. The second-order valence-corrected chi connectivity index (χ2v) is 5.54. The van der Waals surface area contributed by atoms with Crippen LogP contribution in [-0.2, 0) is 0 Å². The summed E-state index contributed by atoms with van der Waals surface area (Å²) in [6.45, 7) is 0.698. The summed E-state index contributed by atoms with van der Waals surface area (Å²) in [4.78, 5) is 30.3. The highest BCUT2D eigenvalue weighted by Gasteiger charge is 2.38. The van der Waals surface area contributed by atoms with Gasteiger partial charge in [0.2, 0.25) is 0 Å². The van der Waals surface area contributed by atoms with E-state index >= 15 is 0 Å². The molecule has 1 atom stereocenters. The number of fused-ring (bicyclic) bond motifs is 5. The van der Waals surface area contributed by atoms with Crippen molar-refractivity contribution < 1.29 is 14.3 Å². The molecule has 2 aliphatic heterocycles. The van der Waals surface area contributed by atoms with Gasteiger partial charge in [-0.3, -0.25) is 14.2 Å². The number of imidazole rings is 1. The number of nitrogens with zero attached hydrogens (tertiary/aromatic N) is 3. The zero-order chi connectivity index (χ0) is 15.3. The van der Waals surface area contributed by atoms with Crippen molar-refractivity contribution in [3.05, 3.63) is 41.5 Å². The molecule has 22 heavy (non-hydrogen) atoms. The number of hydrogen-bond acceptors (Lipinski definition) is 4. The van der Waals surface area contributed by atoms with Crippen LogP contribution in [0, 0.1) is 0 Å². The van der Waals surface area contributed by atoms with E-state index in [1.54, 1.807) is 19.5 Å². The fraction of sp³-hybridized carbons (Fsp3) is 0.312. The molecule has 6 nitrogen and oxygen atoms in total. The van der Waals surface area contributed by atoms with Crippen LogP contribution in [0.3, 0.4) is 0 Å². The molecule has 1 aromatic heterocycles. The first kappa shape index (κ1) is 13.1. The van der Waals surface area contributed by atoms with Gasteiger partial charge < -0.3 is 9.64 Å². The summed E-state index contributed by atoms with van der Waals surface area (Å²) in [6, 6.07) is 5.32. The van der Waals surface area contributed by atoms with E-state index in [0.29, 0.717) is 23.6 Å². The normalized spacial score (nSPS) is 19.2. The van der Waals surface area contributed by atoms with Gasteiger partial charge in [-0.15, -0.1) is 0 Å². The summed E-state index contributed by atoms with van der Waals surface area (Å²) in [5, 5.41) is 0. The van der Waals surface area contributed by atoms with E-state index in [0.717, 1.165) is 30.5 Å². The topological polar surface area (TPSA) is 64.4 Å². The number of ether oxygens (including phenoxy) is 1. The smallest absolute Gasteiger partial charge is 0.256 e. The van der Waals surface area contributed by atoms with Crippen molar-refractivity contribution >= 4 is 12.2 Å². The van der Waals surface area contributed by atoms with Crippen LogP contribution >= 0.6 is 0 Å². The molecule has 112 valence electrons. The minimum Gasteiger partial charge on any atom is -0.497 e. The Morgan fingerprint density at radius 1 is 1.41 bits per heavy atom. The third-order valence-corrected chi connectivity index (χ3v) is 4.47. The Labute approximate surface area is 127 Å². The molecular formula is C16H15N3O3. The summed E-state index contributed by atoms with van der Waals surface area (Å²) in [5.41, 5.74) is 2.55. The van der Waals surface area contributed by atoms with Gasteiger partial charge in [0.25, 0.3) is 5.91 Å². The Balaban J connectivity index is 2.02. The number of carbonyl (C=O) groups is 2. The van der Waals surface area contributed by atoms with Gasteiger partial charge in [0, 0.05) is 6.54 Å². The van der Waals surface area contributed by atoms with Crippen LogP contribution in [0.2, 0.25) is 0 Å². The third kappa shape index (κ3) is 1.63. The number of aromatic nitrogens is 2. The fourth-order valence-electron chi connectivity index (χ4n) is 3.46. The van der Waals surface area contributed by atoms with Crippen molar-refractivity contribution in [2.24, 2.45) is 0 Å². The summed E-state index contributed by atoms with van der Waals surface area (Å²) in [6.07, 6.45) is 4.17. The van der Waals surface area contributed by atoms with Crippen molar-refractivity contribution in [2.75, 3.05) is 13.7 Å². The van der Waals surface area contributed by atoms with Crippen molar-refractivity contribution in [1.82, 2.24) is 14.5 Å². The van der Waals surface area contributed by atoms with Gasteiger partial charge >= 0.3 is 0 Å². The van der Waals surface area contributed by atoms with Crippen LogP contribution in [0.5, 0.6) is 5.75 Å². The molecule has 2 aliphatic rings. The second-order valence-electron chi connectivity index (χ2n) is 5.54. The lowest BCUT2D eigenvalue weighted by Gasteiger charge is -2.22. The average Bonchev–Trinajstić information content (AvgIpc) is 3.17. The molecule has 2 aromatic rings. The Morgan fingerprint density at radius 2 is 2.27 bits per heavy atom. The minimum atomic E-state index is -0.0893. The summed E-state index contributed by atoms with van der Waals surface area (Å²) >= 11 is 0. The molecule has 3 heterocycles. The van der Waals surface area contributed by atoms with E-state index in [2.05, 4.69) is 4.98 Å². The van der Waals surface area contributed by atoms with E-state index in [9.17, 15) is 9.59 Å². The van der Waals surface area contributed by atoms with E-state index in [1.165, 1.54) is 0 Å². The van der Waals surface area contributed by atoms with Crippen molar-refractivity contribution in [3.8, 4) is 11.4 Å². The van der Waals surface area contributed by atoms with Gasteiger partial charge in [-0.25, -0.2) is 4.98 Å². The van der Waals surface area contributed by atoms with Crippen molar-refractivity contribution in [3.63, 3.8) is 0 Å². The molecule has 0 N–H and O–H groups in total. The van der Waals surface area contributed by atoms with Crippen LogP contribution in [0.1, 0.15) is 45.4 Å². The van der Waals surface area contributed by atoms with E-state index < -0.39 is 0 Å². The van der Waals surface area contributed by atoms with Crippen LogP contribution in [-0.4, -0.2) is 40.3 Å². The molecule has 0 unspecified atom stereocenters. The lowest BCUT2D eigenvalue weighted by Crippen LogP contribution is -2.29. The van der Waals surface area contributed by atoms with Crippen molar-refractivity contribution in [1.29, 1.82) is 0 Å². The maximum Gasteiger partial charge on any atom is 0.256 e. The second kappa shape index (κ2) is 4.69. The van der Waals surface area contributed by atoms with E-state index in [1.807, 2.05) is 21.6 Å². The maximum atomic E-state index is 12.9. The molecule has 0 radical (unpaired) electrons. The largest absolute Gasteiger partial charge is 0.497 e. The molecule has 0 aliphatic carbocycles. The van der Waals surface area contributed by atoms with Crippen LogP contribution in [0.25, 0.3) is 5.69 Å². The summed E-state index contributed by atoms with van der Waals surface area (Å²) < 4.78 is 7.11. The molecule has 1 amide bonds. The Kier molecular flexibility index (Phi) is 2.79. The highest BCUT2D eigenvalue weighted by Crippen LogP contribution is 2.40. The third-order valence-electron chi connectivity index (χ3n) is 4.47. The van der Waals surface area contributed by atoms with Gasteiger partial charge in [-0.05, 0) is 31.0 Å². The lowest BCUT2D eigenvalue weighted by molar-refractivity contribution is 0.0736. The Bertz CT molecular complexity index is 781. The van der Waals surface area contributed by atoms with Gasteiger partial charge in [0.15, 0.2) is 6.29 Å². The predicted octanol–water partition coefficient (Wildman–Crippen LogP) is 1.98. The molecular weight excluding hydrogens is 282 g/mol. The van der Waals surface area contributed by atoms with E-state index in [4.69, 9.17) is 4.74 Å². The standard InChI is InChI=1S/C16H15N3O3/c1-22-10-4-5-13-11(7-10)16(21)18-6-2-3-14(18)15-12(8-20)17-9-19(13)15/h4-5,7-9,14H,2-3,6H2,1H3/t14-/m0/s1. The molecule has 0 bridgehead atoms. The summed E-state index contributed by atoms with van der Waals surface area (Å²) in [5.74, 6) is 0.624. The average molecular weight is 297 g/mol. The number of carbonyl (C=O) groups excluding carboxylic acids is 2. The Morgan fingerprint density at radius 3 is 3.05 bits per heavy atom. The van der Waals surface area contributed by atoms with Crippen molar-refractivity contribution in [2.45, 2.75) is 18.9 Å². The van der Waals surface area contributed by atoms with Gasteiger partial charge in [0.05, 0.1) is 30.1 Å². The number of methoxy groups -OCH3 is 1. The van der Waals surface area contributed by atoms with Crippen LogP contribution < -0.4 is 4.74 Å². The zero-order valence-electron chi connectivity index (χ0n) is 12.2. The maximum absolute atomic E-state index is 12.9. The molecule has 1 aromatic carbocycles. The number of rotatable bonds is 2. The molecule has 6 heteroatoms. The number of benzene rings is 1. The molecule has 4 rings (SSSR count). The molecule has 1 fully saturated rings. The number of hydrogen-bond donors (Lipinski definition) is 0. The van der Waals surface area contributed by atoms with E-state index in [-0.39, 0.29) is 11.9 Å². The Hall–Kier alpha value is -2.63. The highest BCUT2D eigenvalue weighted by atomic mass is 16.5. The monoisotopic (exact) mass is 297 g/mol. The first-order valence-electron chi connectivity index (χ1n) is 7.26. The molecule has 0 spiro atoms. The number of amides is 1. The lowest BCUT2D eigenvalue weighted by atomic mass is 10.1. The first-order chi connectivity index (χ1) is 10.7. The van der Waals surface area contributed by atoms with Gasteiger partial charge in [0.1, 0.15) is 17.8 Å². The summed E-state index contributed by atoms with van der Waals surface area (Å²) in [7, 11) is 1.58. The SMILES string of the molecule is COc1ccc2c(c1)C(=O)N1CCC[C@H]1c1c(C=O)ncn1-2. The highest BCUT2D eigenvalue weighted by molar-refractivity contribution is 5.99. The van der Waals surface area contributed by atoms with Crippen LogP contribution in [0.15, 0.2) is 24.5 Å². The van der Waals surface area contributed by atoms with Gasteiger partial charge in [-0.1, -0.05) is 0 Å². The predicted molar refractivity (Wildman–Crippen MR) is 78.5 cm³/mol. The fourth-order valence-corrected chi connectivity index (χ4v) is 3.46. The quantitative estimate of drug-likeness (QED) is 0.795. The van der Waals surface area contributed by atoms with Crippen LogP contribution in [0.4, 0.5) is 0 Å². The molecule has 0 saturated carbocycles. The number of aldehydes is 1. The first-order valence-corrected chi connectivity index (χ1v) is 7.26. The minimum absolute atomic E-state index is 0.0167.